The van der Waals surface area contributed by atoms with Gasteiger partial charge in [0.15, 0.2) is 0 Å². The van der Waals surface area contributed by atoms with Crippen LogP contribution >= 0.6 is 15.9 Å². The fourth-order valence-corrected chi connectivity index (χ4v) is 2.12. The first-order chi connectivity index (χ1) is 7.66. The van der Waals surface area contributed by atoms with E-state index in [-0.39, 0.29) is 0 Å². The van der Waals surface area contributed by atoms with Crippen LogP contribution in [-0.4, -0.2) is 21.8 Å². The molecule has 0 bridgehead atoms. The molecule has 0 N–H and O–H groups in total. The Morgan fingerprint density at radius 1 is 1.50 bits per heavy atom. The van der Waals surface area contributed by atoms with Crippen molar-refractivity contribution >= 4 is 21.7 Å². The van der Waals surface area contributed by atoms with E-state index in [4.69, 9.17) is 0 Å². The fraction of sp³-hybridized carbons (Fsp3) is 0.273. The van der Waals surface area contributed by atoms with Gasteiger partial charge in [-0.1, -0.05) is 0 Å². The molecule has 4 nitrogen and oxygen atoms in total. The molecule has 0 fully saturated rings. The van der Waals surface area contributed by atoms with E-state index in [1.165, 1.54) is 5.56 Å². The molecule has 84 valence electrons. The summed E-state index contributed by atoms with van der Waals surface area (Å²) in [6.45, 7) is 0.795. The van der Waals surface area contributed by atoms with Crippen molar-refractivity contribution in [1.29, 1.82) is 0 Å². The van der Waals surface area contributed by atoms with E-state index in [1.807, 2.05) is 38.6 Å². The minimum absolute atomic E-state index is 0.795. The minimum Gasteiger partial charge on any atom is -0.354 e. The molecular weight excluding hydrogens is 268 g/mol. The number of anilines is 1. The second kappa shape index (κ2) is 4.65. The molecule has 0 saturated heterocycles. The second-order valence-electron chi connectivity index (χ2n) is 3.69. The Balaban J connectivity index is 2.14. The highest BCUT2D eigenvalue weighted by atomic mass is 79.9. The van der Waals surface area contributed by atoms with Crippen LogP contribution in [0.25, 0.3) is 0 Å². The Bertz CT molecular complexity index is 480. The van der Waals surface area contributed by atoms with Gasteiger partial charge >= 0.3 is 0 Å². The highest BCUT2D eigenvalue weighted by molar-refractivity contribution is 9.10. The Kier molecular flexibility index (Phi) is 3.24. The number of aromatic nitrogens is 3. The van der Waals surface area contributed by atoms with Crippen LogP contribution in [0, 0.1) is 0 Å². The molecule has 2 heterocycles. The molecule has 0 unspecified atom stereocenters. The number of hydrogen-bond donors (Lipinski definition) is 0. The van der Waals surface area contributed by atoms with Crippen molar-refractivity contribution in [2.75, 3.05) is 11.9 Å². The largest absolute Gasteiger partial charge is 0.354 e. The number of hydrogen-bond acceptors (Lipinski definition) is 3. The van der Waals surface area contributed by atoms with Gasteiger partial charge in [-0.2, -0.15) is 5.10 Å². The molecule has 2 rings (SSSR count). The van der Waals surface area contributed by atoms with E-state index in [1.54, 1.807) is 10.9 Å². The first-order valence-electron chi connectivity index (χ1n) is 4.96. The fourth-order valence-electron chi connectivity index (χ4n) is 1.56. The molecule has 2 aromatic heterocycles. The van der Waals surface area contributed by atoms with E-state index >= 15 is 0 Å². The van der Waals surface area contributed by atoms with Crippen molar-refractivity contribution in [3.63, 3.8) is 0 Å². The van der Waals surface area contributed by atoms with E-state index in [0.717, 1.165) is 16.8 Å². The van der Waals surface area contributed by atoms with Crippen LogP contribution in [0.15, 0.2) is 35.2 Å². The van der Waals surface area contributed by atoms with Gasteiger partial charge in [0.1, 0.15) is 5.82 Å². The van der Waals surface area contributed by atoms with Crippen LogP contribution in [0.5, 0.6) is 0 Å². The molecule has 0 aliphatic carbocycles. The van der Waals surface area contributed by atoms with Gasteiger partial charge in [0.2, 0.25) is 0 Å². The number of rotatable bonds is 3. The van der Waals surface area contributed by atoms with Crippen molar-refractivity contribution in [2.24, 2.45) is 7.05 Å². The smallest absolute Gasteiger partial charge is 0.142 e. The van der Waals surface area contributed by atoms with Crippen molar-refractivity contribution in [3.05, 3.63) is 40.8 Å². The third-order valence-corrected chi connectivity index (χ3v) is 2.90. The lowest BCUT2D eigenvalue weighted by Crippen LogP contribution is -2.17. The summed E-state index contributed by atoms with van der Waals surface area (Å²) >= 11 is 3.49. The van der Waals surface area contributed by atoms with Crippen molar-refractivity contribution in [1.82, 2.24) is 14.8 Å². The minimum atomic E-state index is 0.795. The third-order valence-electron chi connectivity index (χ3n) is 2.28. The van der Waals surface area contributed by atoms with E-state index in [0.29, 0.717) is 0 Å². The molecule has 16 heavy (non-hydrogen) atoms. The second-order valence-corrected chi connectivity index (χ2v) is 4.54. The van der Waals surface area contributed by atoms with Gasteiger partial charge in [-0.25, -0.2) is 4.98 Å². The van der Waals surface area contributed by atoms with Gasteiger partial charge in [0.25, 0.3) is 0 Å². The summed E-state index contributed by atoms with van der Waals surface area (Å²) in [5.41, 5.74) is 1.17. The summed E-state index contributed by atoms with van der Waals surface area (Å²) in [5.74, 6) is 0.936. The number of aryl methyl sites for hydroxylation is 1. The van der Waals surface area contributed by atoms with Gasteiger partial charge < -0.3 is 4.90 Å². The Labute approximate surface area is 103 Å². The normalized spacial score (nSPS) is 10.4. The van der Waals surface area contributed by atoms with Crippen molar-refractivity contribution in [3.8, 4) is 0 Å². The topological polar surface area (TPSA) is 34.0 Å². The molecule has 0 spiro atoms. The monoisotopic (exact) mass is 280 g/mol. The molecule has 0 aliphatic heterocycles. The third kappa shape index (κ3) is 2.41. The highest BCUT2D eigenvalue weighted by Gasteiger charge is 2.07. The first-order valence-corrected chi connectivity index (χ1v) is 5.75. The summed E-state index contributed by atoms with van der Waals surface area (Å²) < 4.78 is 2.80. The van der Waals surface area contributed by atoms with Crippen LogP contribution in [0.2, 0.25) is 0 Å². The van der Waals surface area contributed by atoms with Gasteiger partial charge in [-0.3, -0.25) is 4.68 Å². The zero-order valence-corrected chi connectivity index (χ0v) is 10.8. The van der Waals surface area contributed by atoms with E-state index in [2.05, 4.69) is 30.9 Å². The molecular formula is C11H13BrN4. The quantitative estimate of drug-likeness (QED) is 0.865. The molecule has 2 aromatic rings. The highest BCUT2D eigenvalue weighted by Crippen LogP contribution is 2.22. The Hall–Kier alpha value is -1.36. The number of nitrogens with zero attached hydrogens (tertiary/aromatic N) is 4. The average molecular weight is 281 g/mol. The lowest BCUT2D eigenvalue weighted by Gasteiger charge is -2.18. The molecule has 0 radical (unpaired) electrons. The van der Waals surface area contributed by atoms with Crippen molar-refractivity contribution in [2.45, 2.75) is 6.54 Å². The van der Waals surface area contributed by atoms with Gasteiger partial charge in [0.05, 0.1) is 10.7 Å². The summed E-state index contributed by atoms with van der Waals surface area (Å²) in [5, 5.41) is 4.14. The number of halogens is 1. The zero-order valence-electron chi connectivity index (χ0n) is 9.26. The summed E-state index contributed by atoms with van der Waals surface area (Å²) in [7, 11) is 3.93. The molecule has 0 aromatic carbocycles. The molecule has 5 heteroatoms. The molecule has 0 amide bonds. The summed E-state index contributed by atoms with van der Waals surface area (Å²) in [4.78, 5) is 6.42. The maximum atomic E-state index is 4.33. The van der Waals surface area contributed by atoms with Crippen molar-refractivity contribution < 1.29 is 0 Å². The zero-order chi connectivity index (χ0) is 11.5. The van der Waals surface area contributed by atoms with Crippen LogP contribution in [-0.2, 0) is 13.6 Å². The van der Waals surface area contributed by atoms with Gasteiger partial charge in [0, 0.05) is 38.6 Å². The van der Waals surface area contributed by atoms with Gasteiger partial charge in [-0.15, -0.1) is 0 Å². The van der Waals surface area contributed by atoms with Crippen LogP contribution < -0.4 is 4.90 Å². The average Bonchev–Trinajstić information content (AvgIpc) is 2.64. The Morgan fingerprint density at radius 3 is 2.94 bits per heavy atom. The predicted octanol–water partition coefficient (Wildman–Crippen LogP) is 2.21. The van der Waals surface area contributed by atoms with E-state index in [9.17, 15) is 0 Å². The maximum Gasteiger partial charge on any atom is 0.142 e. The lowest BCUT2D eigenvalue weighted by atomic mass is 10.3. The van der Waals surface area contributed by atoms with Crippen LogP contribution in [0.1, 0.15) is 5.56 Å². The summed E-state index contributed by atoms with van der Waals surface area (Å²) in [6.07, 6.45) is 5.67. The van der Waals surface area contributed by atoms with Gasteiger partial charge in [-0.05, 0) is 28.1 Å². The molecule has 0 saturated carbocycles. The van der Waals surface area contributed by atoms with E-state index < -0.39 is 0 Å². The van der Waals surface area contributed by atoms with Crippen LogP contribution in [0.3, 0.4) is 0 Å². The molecule has 0 aliphatic rings. The standard InChI is InChI=1S/C11H13BrN4/c1-15(7-9-6-14-16(2)8-9)11-10(12)4-3-5-13-11/h3-6,8H,7H2,1-2H3. The maximum absolute atomic E-state index is 4.33. The molecule has 0 atom stereocenters. The first kappa shape index (κ1) is 11.1. The predicted molar refractivity (Wildman–Crippen MR) is 67.3 cm³/mol. The lowest BCUT2D eigenvalue weighted by molar-refractivity contribution is 0.766. The SMILES string of the molecule is CN(Cc1cnn(C)c1)c1ncccc1Br. The van der Waals surface area contributed by atoms with Crippen LogP contribution in [0.4, 0.5) is 5.82 Å². The Morgan fingerprint density at radius 2 is 2.31 bits per heavy atom. The number of pyridine rings is 1. The summed E-state index contributed by atoms with van der Waals surface area (Å²) in [6, 6.07) is 3.90.